The second-order valence-electron chi connectivity index (χ2n) is 21.6. The van der Waals surface area contributed by atoms with Crippen LogP contribution in [-0.2, 0) is 42.2 Å². The quantitative estimate of drug-likeness (QED) is 0.0197. The molecule has 3 unspecified atom stereocenters. The lowest BCUT2D eigenvalue weighted by atomic mass is 10.0. The number of rotatable bonds is 60. The predicted octanol–water partition coefficient (Wildman–Crippen LogP) is 19.5. The Kier molecular flexibility index (Phi) is 58.1. The van der Waals surface area contributed by atoms with E-state index < -0.39 is 57.8 Å². The number of esters is 3. The molecule has 0 heterocycles. The summed E-state index contributed by atoms with van der Waals surface area (Å²) in [6.07, 6.45) is 67.4. The molecule has 11 nitrogen and oxygen atoms in total. The van der Waals surface area contributed by atoms with Gasteiger partial charge in [0, 0.05) is 19.3 Å². The monoisotopic (exact) mass is 1120 g/mol. The summed E-state index contributed by atoms with van der Waals surface area (Å²) >= 11 is 0. The molecular formula is C66H119O11P. The molecule has 0 bridgehead atoms. The fourth-order valence-electron chi connectivity index (χ4n) is 9.05. The smallest absolute Gasteiger partial charge is 0.462 e. The third kappa shape index (κ3) is 57.9. The molecule has 0 rings (SSSR count). The lowest BCUT2D eigenvalue weighted by Crippen LogP contribution is -2.30. The standard InChI is InChI=1S/C66H119O11P/c1-4-7-10-13-16-19-22-25-28-30-31-33-36-39-42-45-48-51-54-57-66(70)77-63(59-73-64(68)55-52-49-46-43-40-37-34-27-24-21-18-15-12-9-6-3)61-75-78(71,72)74-60-62(58-67)76-65(69)56-53-50-47-44-41-38-35-32-29-26-23-20-17-14-11-8-5-2/h7,10,16,19,25-26,28-29,31,33,62-63,67H,4-6,8-9,11-15,17-18,20-24,27,30,32,34-61H2,1-3H3,(H,71,72)/b10-7-,19-16-,28-25-,29-26-,33-31-. The molecule has 0 radical (unpaired) electrons. The minimum absolute atomic E-state index is 0.153. The summed E-state index contributed by atoms with van der Waals surface area (Å²) in [7, 11) is -4.76. The molecule has 0 fully saturated rings. The highest BCUT2D eigenvalue weighted by molar-refractivity contribution is 7.47. The molecule has 0 amide bonds. The maximum absolute atomic E-state index is 13.0. The summed E-state index contributed by atoms with van der Waals surface area (Å²) in [4.78, 5) is 48.7. The van der Waals surface area contributed by atoms with Gasteiger partial charge in [0.1, 0.15) is 12.7 Å². The summed E-state index contributed by atoms with van der Waals surface area (Å²) in [5.74, 6) is -1.47. The van der Waals surface area contributed by atoms with Gasteiger partial charge in [-0.3, -0.25) is 23.4 Å². The Morgan fingerprint density at radius 2 is 0.667 bits per heavy atom. The van der Waals surface area contributed by atoms with Gasteiger partial charge in [-0.05, 0) is 83.5 Å². The average Bonchev–Trinajstić information content (AvgIpc) is 3.43. The lowest BCUT2D eigenvalue weighted by molar-refractivity contribution is -0.161. The van der Waals surface area contributed by atoms with Crippen molar-refractivity contribution in [3.8, 4) is 0 Å². The Morgan fingerprint density at radius 1 is 0.372 bits per heavy atom. The van der Waals surface area contributed by atoms with Crippen molar-refractivity contribution in [2.24, 2.45) is 0 Å². The molecule has 0 saturated heterocycles. The van der Waals surface area contributed by atoms with Crippen molar-refractivity contribution >= 4 is 25.7 Å². The van der Waals surface area contributed by atoms with Crippen LogP contribution in [0.2, 0.25) is 0 Å². The van der Waals surface area contributed by atoms with Crippen molar-refractivity contribution in [3.63, 3.8) is 0 Å². The summed E-state index contributed by atoms with van der Waals surface area (Å²) in [6.45, 7) is 4.56. The van der Waals surface area contributed by atoms with Gasteiger partial charge < -0.3 is 24.2 Å². The van der Waals surface area contributed by atoms with Gasteiger partial charge in [0.2, 0.25) is 0 Å². The molecule has 78 heavy (non-hydrogen) atoms. The highest BCUT2D eigenvalue weighted by atomic mass is 31.2. The van der Waals surface area contributed by atoms with E-state index in [9.17, 15) is 28.9 Å². The number of aliphatic hydroxyl groups excluding tert-OH is 1. The van der Waals surface area contributed by atoms with E-state index in [1.165, 1.54) is 135 Å². The number of phosphoric ester groups is 1. The second-order valence-corrected chi connectivity index (χ2v) is 23.0. The van der Waals surface area contributed by atoms with Crippen LogP contribution < -0.4 is 0 Å². The number of unbranched alkanes of at least 4 members (excludes halogenated alkanes) is 33. The number of hydrogen-bond acceptors (Lipinski definition) is 10. The number of hydrogen-bond donors (Lipinski definition) is 2. The van der Waals surface area contributed by atoms with Gasteiger partial charge in [-0.1, -0.05) is 261 Å². The number of aliphatic hydroxyl groups is 1. The zero-order valence-electron chi connectivity index (χ0n) is 50.4. The van der Waals surface area contributed by atoms with Crippen molar-refractivity contribution in [2.75, 3.05) is 26.4 Å². The maximum atomic E-state index is 13.0. The van der Waals surface area contributed by atoms with Gasteiger partial charge in [0.25, 0.3) is 0 Å². The van der Waals surface area contributed by atoms with Crippen LogP contribution >= 0.6 is 7.82 Å². The lowest BCUT2D eigenvalue weighted by Gasteiger charge is -2.21. The largest absolute Gasteiger partial charge is 0.472 e. The summed E-state index contributed by atoms with van der Waals surface area (Å²) in [6, 6.07) is 0. The van der Waals surface area contributed by atoms with Crippen LogP contribution in [0.4, 0.5) is 0 Å². The van der Waals surface area contributed by atoms with Gasteiger partial charge in [-0.2, -0.15) is 0 Å². The predicted molar refractivity (Wildman–Crippen MR) is 325 cm³/mol. The van der Waals surface area contributed by atoms with Crippen molar-refractivity contribution in [2.45, 2.75) is 315 Å². The fourth-order valence-corrected chi connectivity index (χ4v) is 9.83. The average molecular weight is 1120 g/mol. The molecule has 0 aromatic rings. The van der Waals surface area contributed by atoms with Gasteiger partial charge >= 0.3 is 25.7 Å². The highest BCUT2D eigenvalue weighted by Gasteiger charge is 2.28. The second kappa shape index (κ2) is 60.3. The number of carbonyl (C=O) groups excluding carboxylic acids is 3. The third-order valence-corrected chi connectivity index (χ3v) is 14.9. The first-order chi connectivity index (χ1) is 38.2. The van der Waals surface area contributed by atoms with Crippen LogP contribution in [0.5, 0.6) is 0 Å². The van der Waals surface area contributed by atoms with Gasteiger partial charge in [-0.25, -0.2) is 4.57 Å². The minimum atomic E-state index is -4.76. The van der Waals surface area contributed by atoms with Crippen LogP contribution in [0.25, 0.3) is 0 Å². The molecule has 0 aromatic heterocycles. The first-order valence-corrected chi connectivity index (χ1v) is 33.7. The van der Waals surface area contributed by atoms with Gasteiger partial charge in [0.15, 0.2) is 6.10 Å². The van der Waals surface area contributed by atoms with E-state index in [1.807, 2.05) is 0 Å². The third-order valence-electron chi connectivity index (χ3n) is 13.9. The number of phosphoric acid groups is 1. The molecule has 0 aliphatic rings. The Labute approximate surface area is 478 Å². The molecule has 454 valence electrons. The summed E-state index contributed by atoms with van der Waals surface area (Å²) in [5, 5.41) is 9.85. The first kappa shape index (κ1) is 75.2. The zero-order chi connectivity index (χ0) is 56.9. The molecule has 2 N–H and O–H groups in total. The van der Waals surface area contributed by atoms with E-state index >= 15 is 0 Å². The minimum Gasteiger partial charge on any atom is -0.462 e. The maximum Gasteiger partial charge on any atom is 0.472 e. The van der Waals surface area contributed by atoms with Crippen LogP contribution in [0.1, 0.15) is 303 Å². The van der Waals surface area contributed by atoms with Crippen molar-refractivity contribution in [1.82, 2.24) is 0 Å². The Bertz CT molecular complexity index is 1540. The summed E-state index contributed by atoms with van der Waals surface area (Å²) in [5.41, 5.74) is 0. The molecule has 3 atom stereocenters. The zero-order valence-corrected chi connectivity index (χ0v) is 51.3. The Balaban J connectivity index is 4.70. The number of allylic oxidation sites excluding steroid dienone is 10. The van der Waals surface area contributed by atoms with E-state index in [0.29, 0.717) is 19.3 Å². The van der Waals surface area contributed by atoms with Gasteiger partial charge in [0.05, 0.1) is 19.8 Å². The van der Waals surface area contributed by atoms with E-state index in [4.69, 9.17) is 23.3 Å². The van der Waals surface area contributed by atoms with Gasteiger partial charge in [-0.15, -0.1) is 0 Å². The molecule has 0 saturated carbocycles. The summed E-state index contributed by atoms with van der Waals surface area (Å²) < 4.78 is 39.7. The van der Waals surface area contributed by atoms with E-state index in [-0.39, 0.29) is 25.9 Å². The van der Waals surface area contributed by atoms with Crippen LogP contribution in [0, 0.1) is 0 Å². The first-order valence-electron chi connectivity index (χ1n) is 32.2. The Hall–Kier alpha value is -2.82. The van der Waals surface area contributed by atoms with Crippen LogP contribution in [-0.4, -0.2) is 66.5 Å². The molecule has 12 heteroatoms. The van der Waals surface area contributed by atoms with Crippen molar-refractivity contribution in [1.29, 1.82) is 0 Å². The number of carbonyl (C=O) groups is 3. The molecule has 0 spiro atoms. The highest BCUT2D eigenvalue weighted by Crippen LogP contribution is 2.43. The fraction of sp³-hybridized carbons (Fsp3) is 0.803. The molecule has 0 aromatic carbocycles. The van der Waals surface area contributed by atoms with Crippen LogP contribution in [0.3, 0.4) is 0 Å². The molecule has 0 aliphatic carbocycles. The van der Waals surface area contributed by atoms with Crippen molar-refractivity contribution in [3.05, 3.63) is 60.8 Å². The normalized spacial score (nSPS) is 13.7. The molecular weight excluding hydrogens is 1000 g/mol. The number of ether oxygens (including phenoxy) is 3. The Morgan fingerprint density at radius 3 is 1.04 bits per heavy atom. The van der Waals surface area contributed by atoms with E-state index in [0.717, 1.165) is 109 Å². The van der Waals surface area contributed by atoms with Crippen LogP contribution in [0.15, 0.2) is 60.8 Å². The van der Waals surface area contributed by atoms with Crippen molar-refractivity contribution < 1.29 is 52.2 Å². The topological polar surface area (TPSA) is 155 Å². The van der Waals surface area contributed by atoms with E-state index in [1.54, 1.807) is 0 Å². The molecule has 0 aliphatic heterocycles. The SMILES string of the molecule is CC/C=C\C/C=C\C/C=C\C/C=C\CCCCCCCCC(=O)OC(COC(=O)CCCCCCCCCCCCCCCCC)COP(=O)(O)OCC(CO)OC(=O)CCCCCCCCC/C=C\CCCCCCCC. The van der Waals surface area contributed by atoms with E-state index in [2.05, 4.69) is 81.5 Å².